The van der Waals surface area contributed by atoms with E-state index in [2.05, 4.69) is 48.4 Å². The zero-order valence-electron chi connectivity index (χ0n) is 39.4. The molecule has 0 aliphatic carbocycles. The predicted octanol–water partition coefficient (Wildman–Crippen LogP) is 7.44. The van der Waals surface area contributed by atoms with Gasteiger partial charge in [0.2, 0.25) is 33.1 Å². The molecule has 4 aromatic rings. The first-order valence-electron chi connectivity index (χ1n) is 20.4. The molecule has 0 fully saturated rings. The number of aliphatic carboxylic acids is 1. The second-order valence-corrected chi connectivity index (χ2v) is 21.6. The second-order valence-electron chi connectivity index (χ2n) is 15.8. The number of hydrogen-bond acceptors (Lipinski definition) is 14. The molecule has 2 aromatic heterocycles. The van der Waals surface area contributed by atoms with Gasteiger partial charge in [-0.2, -0.15) is 28.4 Å². The Morgan fingerprint density at radius 3 is 2.13 bits per heavy atom. The number of para-hydroxylation sites is 1. The number of sulfonamides is 1. The SMILES string of the molecule is CCNc1nc(Cl)nc(NC(C)(C)C)n1.CCc1cccc(C)c1N(C(=O)CCl)C(C)COC.CP(=O)(O)CCC(N)C(=O)O.Cc1nn(-c2cc(NS(C)(=O)=O)c(Cl)cc2Cl)c(=O)n1C(F)F. The Balaban J connectivity index is 0.000000469. The number of nitrogens with two attached hydrogens (primary N) is 1. The van der Waals surface area contributed by atoms with Crippen LogP contribution in [0.25, 0.3) is 5.69 Å². The highest BCUT2D eigenvalue weighted by Crippen LogP contribution is 2.36. The molecule has 2 heterocycles. The Morgan fingerprint density at radius 2 is 1.66 bits per heavy atom. The van der Waals surface area contributed by atoms with Crippen LogP contribution in [0.5, 0.6) is 0 Å². The molecule has 3 unspecified atom stereocenters. The molecule has 382 valence electrons. The molecular weight excluding hydrogens is 1020 g/mol. The normalized spacial score (nSPS) is 13.0. The van der Waals surface area contributed by atoms with Gasteiger partial charge >= 0.3 is 18.2 Å². The van der Waals surface area contributed by atoms with E-state index in [1.165, 1.54) is 19.7 Å². The topological polar surface area (TPSA) is 279 Å². The Morgan fingerprint density at radius 1 is 1.06 bits per heavy atom. The fourth-order valence-corrected chi connectivity index (χ4v) is 7.82. The van der Waals surface area contributed by atoms with Gasteiger partial charge in [0.15, 0.2) is 7.37 Å². The van der Waals surface area contributed by atoms with E-state index in [4.69, 9.17) is 66.9 Å². The molecule has 0 bridgehead atoms. The van der Waals surface area contributed by atoms with Crippen molar-refractivity contribution in [2.45, 2.75) is 92.4 Å². The molecule has 0 saturated heterocycles. The Hall–Kier alpha value is -4.19. The lowest BCUT2D eigenvalue weighted by Crippen LogP contribution is -2.43. The number of ether oxygens (including phenoxy) is 1. The number of aromatic nitrogens is 6. The third-order valence-corrected chi connectivity index (χ3v) is 11.2. The summed E-state index contributed by atoms with van der Waals surface area (Å²) >= 11 is 23.4. The van der Waals surface area contributed by atoms with E-state index in [0.29, 0.717) is 23.2 Å². The summed E-state index contributed by atoms with van der Waals surface area (Å²) < 4.78 is 67.1. The Kier molecular flexibility index (Phi) is 25.3. The molecule has 0 aliphatic rings. The third kappa shape index (κ3) is 21.2. The van der Waals surface area contributed by atoms with E-state index in [0.717, 1.165) is 42.1 Å². The summed E-state index contributed by atoms with van der Waals surface area (Å²) in [5.74, 6) is -0.504. The van der Waals surface area contributed by atoms with Gasteiger partial charge < -0.3 is 36.0 Å². The summed E-state index contributed by atoms with van der Waals surface area (Å²) in [6.07, 6.45) is 1.78. The molecule has 0 spiro atoms. The standard InChI is InChI=1S/C15H22ClNO2.C11H10Cl2F2N4O3S.C9H16ClN5.C5H12NO4P/c1-5-13-8-6-7-11(2)15(13)17(14(18)9-16)12(3)10-19-4;1-5-16-19(11(20)18(5)10(14)15)9-4-8(17-23(2,21)22)6(12)3-7(9)13;1-5-11-7-12-6(10)13-8(14-7)15-9(2,3)4;1-11(9,10)3-2-4(6)5(7)8/h6-8,12H,5,9-10H2,1-4H3;3-4,10,17H,1-2H3;5H2,1-4H3,(H2,11,12,13,14,15);4H,2-3,6H2,1H3,(H,7,8)(H,9,10). The number of halogens is 6. The van der Waals surface area contributed by atoms with E-state index >= 15 is 0 Å². The molecular formula is C40H60Cl4F2N11O9PS. The summed E-state index contributed by atoms with van der Waals surface area (Å²) in [6.45, 7) is 14.7. The van der Waals surface area contributed by atoms with Gasteiger partial charge in [-0.1, -0.05) is 48.3 Å². The molecule has 28 heteroatoms. The number of carbonyl (C=O) groups is 2. The van der Waals surface area contributed by atoms with Gasteiger partial charge in [-0.3, -0.25) is 18.9 Å². The summed E-state index contributed by atoms with van der Waals surface area (Å²) in [5, 5.41) is 18.2. The molecule has 2 aromatic carbocycles. The van der Waals surface area contributed by atoms with Gasteiger partial charge in [-0.05, 0) is 96.2 Å². The van der Waals surface area contributed by atoms with Crippen molar-refractivity contribution in [3.8, 4) is 5.69 Å². The van der Waals surface area contributed by atoms with Crippen LogP contribution < -0.4 is 31.7 Å². The minimum absolute atomic E-state index is 0.0223. The number of hydrogen-bond donors (Lipinski definition) is 6. The number of nitrogens with zero attached hydrogens (tertiary/aromatic N) is 7. The van der Waals surface area contributed by atoms with E-state index < -0.39 is 41.6 Å². The lowest BCUT2D eigenvalue weighted by atomic mass is 10.0. The maximum absolute atomic E-state index is 12.8. The smallest absolute Gasteiger partial charge is 0.355 e. The molecule has 3 atom stereocenters. The van der Waals surface area contributed by atoms with Gasteiger partial charge in [0.05, 0.1) is 46.0 Å². The van der Waals surface area contributed by atoms with Gasteiger partial charge in [-0.15, -0.1) is 16.7 Å². The summed E-state index contributed by atoms with van der Waals surface area (Å²) in [5.41, 5.74) is 6.93. The lowest BCUT2D eigenvalue weighted by Gasteiger charge is -2.31. The zero-order valence-corrected chi connectivity index (χ0v) is 44.2. The van der Waals surface area contributed by atoms with E-state index in [9.17, 15) is 36.1 Å². The molecule has 0 aliphatic heterocycles. The Labute approximate surface area is 414 Å². The van der Waals surface area contributed by atoms with Crippen molar-refractivity contribution in [2.75, 3.05) is 65.5 Å². The monoisotopic (exact) mass is 1080 g/mol. The largest absolute Gasteiger partial charge is 0.480 e. The van der Waals surface area contributed by atoms with Crippen LogP contribution in [-0.2, 0) is 35.3 Å². The molecule has 4 rings (SSSR count). The predicted molar refractivity (Wildman–Crippen MR) is 266 cm³/mol. The number of carboxylic acid groups (broad SMARTS) is 1. The van der Waals surface area contributed by atoms with Crippen molar-refractivity contribution < 1.29 is 46.1 Å². The lowest BCUT2D eigenvalue weighted by molar-refractivity contribution is -0.138. The molecule has 20 nitrogen and oxygen atoms in total. The first-order chi connectivity index (χ1) is 31.3. The highest BCUT2D eigenvalue weighted by Gasteiger charge is 2.25. The maximum Gasteiger partial charge on any atom is 0.355 e. The van der Waals surface area contributed by atoms with Gasteiger partial charge in [-0.25, -0.2) is 17.8 Å². The van der Waals surface area contributed by atoms with E-state index in [1.54, 1.807) is 12.0 Å². The number of rotatable bonds is 17. The minimum atomic E-state index is -3.65. The van der Waals surface area contributed by atoms with Crippen molar-refractivity contribution in [3.05, 3.63) is 73.1 Å². The minimum Gasteiger partial charge on any atom is -0.480 e. The average molecular weight is 1080 g/mol. The van der Waals surface area contributed by atoms with Gasteiger partial charge in [0, 0.05) is 32.0 Å². The van der Waals surface area contributed by atoms with Crippen molar-refractivity contribution in [1.82, 2.24) is 29.3 Å². The molecule has 0 saturated carbocycles. The number of methoxy groups -OCH3 is 1. The summed E-state index contributed by atoms with van der Waals surface area (Å²) in [4.78, 5) is 57.0. The summed E-state index contributed by atoms with van der Waals surface area (Å²) in [6, 6.07) is 7.32. The van der Waals surface area contributed by atoms with Crippen molar-refractivity contribution in [1.29, 1.82) is 0 Å². The first kappa shape index (κ1) is 61.8. The van der Waals surface area contributed by atoms with Gasteiger partial charge in [0.1, 0.15) is 17.7 Å². The highest BCUT2D eigenvalue weighted by molar-refractivity contribution is 7.92. The fraction of sp³-hybridized carbons (Fsp3) is 0.525. The van der Waals surface area contributed by atoms with Gasteiger partial charge in [0.25, 0.3) is 0 Å². The second kappa shape index (κ2) is 27.9. The number of carboxylic acids is 1. The van der Waals surface area contributed by atoms with E-state index in [1.807, 2.05) is 53.7 Å². The van der Waals surface area contributed by atoms with Crippen LogP contribution >= 0.6 is 53.8 Å². The van der Waals surface area contributed by atoms with Crippen molar-refractivity contribution >= 4 is 98.9 Å². The van der Waals surface area contributed by atoms with Crippen LogP contribution in [0, 0.1) is 13.8 Å². The number of amides is 1. The van der Waals surface area contributed by atoms with Crippen LogP contribution in [0.4, 0.5) is 32.1 Å². The highest BCUT2D eigenvalue weighted by atomic mass is 35.5. The number of carbonyl (C=O) groups excluding carboxylic acids is 1. The van der Waals surface area contributed by atoms with E-state index in [-0.39, 0.29) is 73.0 Å². The third-order valence-electron chi connectivity index (χ3n) is 8.51. The summed E-state index contributed by atoms with van der Waals surface area (Å²) in [7, 11) is -5.11. The van der Waals surface area contributed by atoms with Crippen LogP contribution in [-0.4, -0.2) is 122 Å². The molecule has 68 heavy (non-hydrogen) atoms. The zero-order chi connectivity index (χ0) is 52.5. The number of anilines is 4. The number of nitrogens with one attached hydrogen (secondary N) is 3. The number of aryl methyl sites for hydroxylation is 3. The average Bonchev–Trinajstić information content (AvgIpc) is 3.50. The van der Waals surface area contributed by atoms with Crippen LogP contribution in [0.3, 0.4) is 0 Å². The van der Waals surface area contributed by atoms with Crippen molar-refractivity contribution in [2.24, 2.45) is 5.73 Å². The fourth-order valence-electron chi connectivity index (χ4n) is 5.64. The van der Waals surface area contributed by atoms with Crippen molar-refractivity contribution in [3.63, 3.8) is 0 Å². The molecule has 7 N–H and O–H groups in total. The first-order valence-corrected chi connectivity index (χ1v) is 26.3. The number of alkyl halides is 3. The molecule has 1 amide bonds. The molecule has 0 radical (unpaired) electrons. The maximum atomic E-state index is 12.8. The quantitative estimate of drug-likeness (QED) is 0.0443. The van der Waals surface area contributed by atoms with Crippen LogP contribution in [0.1, 0.15) is 71.5 Å². The van der Waals surface area contributed by atoms with Crippen LogP contribution in [0.15, 0.2) is 35.1 Å². The van der Waals surface area contributed by atoms with Crippen LogP contribution in [0.2, 0.25) is 15.3 Å². The number of benzene rings is 2. The Bertz CT molecular complexity index is 2530.